The molecule has 3 N–H and O–H groups in total. The molecule has 202 valence electrons. The summed E-state index contributed by atoms with van der Waals surface area (Å²) in [4.78, 5) is 11.7. The average Bonchev–Trinajstić information content (AvgIpc) is 3.13. The summed E-state index contributed by atoms with van der Waals surface area (Å²) in [6.45, 7) is 14.9. The lowest BCUT2D eigenvalue weighted by Gasteiger charge is -2.53. The Hall–Kier alpha value is -1.53. The zero-order valence-electron chi connectivity index (χ0n) is 23.4. The van der Waals surface area contributed by atoms with Crippen molar-refractivity contribution in [1.29, 1.82) is 0 Å². The van der Waals surface area contributed by atoms with Gasteiger partial charge in [0.2, 0.25) is 0 Å². The van der Waals surface area contributed by atoms with Gasteiger partial charge in [0, 0.05) is 6.61 Å². The molecule has 5 nitrogen and oxygen atoms in total. The van der Waals surface area contributed by atoms with Crippen LogP contribution in [-0.4, -0.2) is 46.2 Å². The third-order valence-corrected chi connectivity index (χ3v) is 9.84. The second-order valence-electron chi connectivity index (χ2n) is 12.4. The molecule has 5 heteroatoms. The van der Waals surface area contributed by atoms with Crippen LogP contribution in [0, 0.1) is 22.7 Å². The highest BCUT2D eigenvalue weighted by Crippen LogP contribution is 2.60. The van der Waals surface area contributed by atoms with Gasteiger partial charge in [-0.2, -0.15) is 0 Å². The first-order valence-corrected chi connectivity index (χ1v) is 13.7. The molecule has 0 aromatic carbocycles. The number of hydrogen-bond acceptors (Lipinski definition) is 5. The lowest BCUT2D eigenvalue weighted by Crippen LogP contribution is -2.58. The largest absolute Gasteiger partial charge is 0.396 e. The second kappa shape index (κ2) is 11.1. The monoisotopic (exact) mass is 500 g/mol. The molecule has 0 radical (unpaired) electrons. The Morgan fingerprint density at radius 2 is 1.89 bits per heavy atom. The number of hydrogen-bond donors (Lipinski definition) is 3. The van der Waals surface area contributed by atoms with E-state index in [0.29, 0.717) is 43.6 Å². The normalized spacial score (nSPS) is 38.8. The SMILES string of the molecule is CC1=C(/C=C/C(C)=C/[C@H]2C[C@]3([C@H](O)O2)[C@H](CCCO)/C(=C(/C)C=O)CC[C@]3(C)O)C(C)(C)[C@@H](C)CC1. The van der Waals surface area contributed by atoms with Gasteiger partial charge < -0.3 is 20.1 Å². The van der Waals surface area contributed by atoms with E-state index >= 15 is 0 Å². The van der Waals surface area contributed by atoms with E-state index < -0.39 is 17.3 Å². The van der Waals surface area contributed by atoms with Crippen molar-refractivity contribution < 1.29 is 24.9 Å². The number of rotatable bonds is 7. The van der Waals surface area contributed by atoms with Crippen molar-refractivity contribution in [2.75, 3.05) is 6.61 Å². The third kappa shape index (κ3) is 5.22. The van der Waals surface area contributed by atoms with Gasteiger partial charge in [0.25, 0.3) is 0 Å². The molecule has 2 fully saturated rings. The molecular formula is C31H48O5. The molecule has 36 heavy (non-hydrogen) atoms. The van der Waals surface area contributed by atoms with Gasteiger partial charge in [0.1, 0.15) is 6.29 Å². The molecule has 3 rings (SSSR count). The van der Waals surface area contributed by atoms with Crippen LogP contribution in [0.2, 0.25) is 0 Å². The fraction of sp³-hybridized carbons (Fsp3) is 0.710. The number of allylic oxidation sites excluding steroid dienone is 7. The van der Waals surface area contributed by atoms with Crippen LogP contribution >= 0.6 is 0 Å². The highest BCUT2D eigenvalue weighted by molar-refractivity contribution is 5.74. The van der Waals surface area contributed by atoms with Crippen molar-refractivity contribution in [1.82, 2.24) is 0 Å². The maximum atomic E-state index is 11.7. The van der Waals surface area contributed by atoms with E-state index in [0.717, 1.165) is 23.9 Å². The zero-order valence-corrected chi connectivity index (χ0v) is 23.4. The molecule has 0 aromatic heterocycles. The summed E-state index contributed by atoms with van der Waals surface area (Å²) in [6, 6.07) is 0. The van der Waals surface area contributed by atoms with E-state index in [2.05, 4.69) is 46.8 Å². The minimum atomic E-state index is -1.16. The highest BCUT2D eigenvalue weighted by Gasteiger charge is 2.64. The van der Waals surface area contributed by atoms with Crippen molar-refractivity contribution in [3.63, 3.8) is 0 Å². The Morgan fingerprint density at radius 1 is 1.19 bits per heavy atom. The van der Waals surface area contributed by atoms with E-state index in [9.17, 15) is 20.1 Å². The Labute approximate surface area is 218 Å². The molecule has 3 aliphatic rings. The van der Waals surface area contributed by atoms with Crippen molar-refractivity contribution in [3.05, 3.63) is 46.1 Å². The van der Waals surface area contributed by atoms with Crippen LogP contribution in [0.5, 0.6) is 0 Å². The van der Waals surface area contributed by atoms with E-state index in [1.807, 2.05) is 6.08 Å². The quantitative estimate of drug-likeness (QED) is 0.233. The number of aliphatic hydroxyl groups is 3. The summed E-state index contributed by atoms with van der Waals surface area (Å²) in [5.74, 6) is 0.389. The lowest BCUT2D eigenvalue weighted by atomic mass is 9.53. The molecule has 0 unspecified atom stereocenters. The van der Waals surface area contributed by atoms with Crippen molar-refractivity contribution in [3.8, 4) is 0 Å². The first-order chi connectivity index (χ1) is 16.8. The molecule has 0 bridgehead atoms. The molecule has 0 amide bonds. The van der Waals surface area contributed by atoms with E-state index in [1.165, 1.54) is 17.6 Å². The van der Waals surface area contributed by atoms with Crippen LogP contribution in [-0.2, 0) is 9.53 Å². The Bertz CT molecular complexity index is 950. The minimum absolute atomic E-state index is 0.0244. The van der Waals surface area contributed by atoms with E-state index in [4.69, 9.17) is 4.74 Å². The summed E-state index contributed by atoms with van der Waals surface area (Å²) in [6.07, 6.45) is 10.8. The van der Waals surface area contributed by atoms with Crippen LogP contribution in [0.15, 0.2) is 46.1 Å². The predicted molar refractivity (Wildman–Crippen MR) is 144 cm³/mol. The number of ether oxygens (including phenoxy) is 1. The summed E-state index contributed by atoms with van der Waals surface area (Å²) >= 11 is 0. The van der Waals surface area contributed by atoms with Crippen molar-refractivity contribution in [2.45, 2.75) is 111 Å². The number of carbonyl (C=O) groups is 1. The van der Waals surface area contributed by atoms with Crippen molar-refractivity contribution >= 4 is 6.29 Å². The Balaban J connectivity index is 1.92. The van der Waals surface area contributed by atoms with Crippen molar-refractivity contribution in [2.24, 2.45) is 22.7 Å². The minimum Gasteiger partial charge on any atom is -0.396 e. The molecule has 2 aliphatic carbocycles. The summed E-state index contributed by atoms with van der Waals surface area (Å²) in [5, 5.41) is 32.5. The van der Waals surface area contributed by atoms with Gasteiger partial charge in [0.15, 0.2) is 6.29 Å². The van der Waals surface area contributed by atoms with Gasteiger partial charge in [0.05, 0.1) is 17.1 Å². The van der Waals surface area contributed by atoms with Gasteiger partial charge in [-0.3, -0.25) is 4.79 Å². The topological polar surface area (TPSA) is 87.0 Å². The standard InChI is InChI=1S/C31H48O5/c1-20(10-13-26-21(2)11-12-23(4)29(26,5)6)17-24-18-31(28(34)36-24)27(9-8-16-32)25(22(3)19-33)14-15-30(31,7)35/h10,13,17,19,23-24,27-28,32,34-35H,8-9,11-12,14-16,18H2,1-7H3/b13-10+,20-17+,25-22-/t23-,24-,27+,28+,30-,31+/m0/s1. The van der Waals surface area contributed by atoms with Crippen LogP contribution < -0.4 is 0 Å². The van der Waals surface area contributed by atoms with Crippen LogP contribution in [0.1, 0.15) is 93.4 Å². The first-order valence-electron chi connectivity index (χ1n) is 13.7. The maximum Gasteiger partial charge on any atom is 0.164 e. The fourth-order valence-electron chi connectivity index (χ4n) is 7.08. The summed E-state index contributed by atoms with van der Waals surface area (Å²) in [5.41, 5.74) is 3.57. The second-order valence-corrected chi connectivity index (χ2v) is 12.4. The summed E-state index contributed by atoms with van der Waals surface area (Å²) < 4.78 is 6.10. The highest BCUT2D eigenvalue weighted by atomic mass is 16.6. The van der Waals surface area contributed by atoms with Crippen LogP contribution in [0.25, 0.3) is 0 Å². The first kappa shape index (κ1) is 29.0. The maximum absolute atomic E-state index is 11.7. The lowest BCUT2D eigenvalue weighted by molar-refractivity contribution is -0.219. The van der Waals surface area contributed by atoms with Gasteiger partial charge >= 0.3 is 0 Å². The molecule has 1 heterocycles. The average molecular weight is 501 g/mol. The summed E-state index contributed by atoms with van der Waals surface area (Å²) in [7, 11) is 0. The molecule has 1 saturated carbocycles. The Morgan fingerprint density at radius 3 is 2.53 bits per heavy atom. The molecule has 6 atom stereocenters. The van der Waals surface area contributed by atoms with Crippen LogP contribution in [0.4, 0.5) is 0 Å². The Kier molecular flexibility index (Phi) is 8.92. The van der Waals surface area contributed by atoms with Gasteiger partial charge in [-0.1, -0.05) is 55.7 Å². The zero-order chi connectivity index (χ0) is 26.9. The van der Waals surface area contributed by atoms with Crippen LogP contribution in [0.3, 0.4) is 0 Å². The molecular weight excluding hydrogens is 452 g/mol. The fourth-order valence-corrected chi connectivity index (χ4v) is 7.08. The number of aldehydes is 1. The van der Waals surface area contributed by atoms with E-state index in [1.54, 1.807) is 13.8 Å². The predicted octanol–water partition coefficient (Wildman–Crippen LogP) is 5.80. The van der Waals surface area contributed by atoms with Gasteiger partial charge in [-0.25, -0.2) is 0 Å². The molecule has 1 saturated heterocycles. The smallest absolute Gasteiger partial charge is 0.164 e. The third-order valence-electron chi connectivity index (χ3n) is 9.84. The molecule has 0 aromatic rings. The number of carbonyl (C=O) groups excluding carboxylic acids is 1. The molecule has 1 aliphatic heterocycles. The molecule has 1 spiro atoms. The van der Waals surface area contributed by atoms with Gasteiger partial charge in [-0.05, 0) is 101 Å². The van der Waals surface area contributed by atoms with Gasteiger partial charge in [-0.15, -0.1) is 0 Å². The number of aliphatic hydroxyl groups excluding tert-OH is 2. The van der Waals surface area contributed by atoms with E-state index in [-0.39, 0.29) is 24.0 Å².